The van der Waals surface area contributed by atoms with Gasteiger partial charge < -0.3 is 5.32 Å². The zero-order valence-corrected chi connectivity index (χ0v) is 13.6. The SMILES string of the molecule is CCC(Nc1cc(Br)ccc1Br)c1ccc(F)cc1. The highest BCUT2D eigenvalue weighted by Gasteiger charge is 2.11. The largest absolute Gasteiger partial charge is 0.377 e. The lowest BCUT2D eigenvalue weighted by Gasteiger charge is -2.20. The minimum atomic E-state index is -0.206. The minimum Gasteiger partial charge on any atom is -0.377 e. The van der Waals surface area contributed by atoms with Crippen molar-refractivity contribution in [2.75, 3.05) is 5.32 Å². The van der Waals surface area contributed by atoms with Crippen molar-refractivity contribution in [1.29, 1.82) is 0 Å². The quantitative estimate of drug-likeness (QED) is 0.688. The maximum Gasteiger partial charge on any atom is 0.123 e. The Balaban J connectivity index is 2.23. The highest BCUT2D eigenvalue weighted by molar-refractivity contribution is 9.11. The molecule has 0 saturated heterocycles. The molecule has 2 rings (SSSR count). The molecule has 0 aliphatic rings. The standard InChI is InChI=1S/C15H14Br2FN/c1-2-14(10-3-6-12(18)7-4-10)19-15-9-11(16)5-8-13(15)17/h3-9,14,19H,2H2,1H3. The lowest BCUT2D eigenvalue weighted by molar-refractivity contribution is 0.625. The Hall–Kier alpha value is -0.870. The number of benzene rings is 2. The third kappa shape index (κ3) is 3.80. The summed E-state index contributed by atoms with van der Waals surface area (Å²) in [5.74, 6) is -0.206. The van der Waals surface area contributed by atoms with Gasteiger partial charge in [-0.05, 0) is 58.2 Å². The highest BCUT2D eigenvalue weighted by atomic mass is 79.9. The zero-order valence-electron chi connectivity index (χ0n) is 10.5. The van der Waals surface area contributed by atoms with E-state index in [1.807, 2.05) is 30.3 Å². The van der Waals surface area contributed by atoms with E-state index in [1.54, 1.807) is 0 Å². The van der Waals surface area contributed by atoms with Gasteiger partial charge in [0.05, 0.1) is 11.7 Å². The molecular formula is C15H14Br2FN. The van der Waals surface area contributed by atoms with Gasteiger partial charge in [-0.2, -0.15) is 0 Å². The Morgan fingerprint density at radius 2 is 1.79 bits per heavy atom. The van der Waals surface area contributed by atoms with Crippen molar-refractivity contribution < 1.29 is 4.39 Å². The summed E-state index contributed by atoms with van der Waals surface area (Å²) in [4.78, 5) is 0. The van der Waals surface area contributed by atoms with Gasteiger partial charge in [-0.25, -0.2) is 4.39 Å². The number of nitrogens with one attached hydrogen (secondary N) is 1. The van der Waals surface area contributed by atoms with Crippen molar-refractivity contribution in [3.8, 4) is 0 Å². The maximum absolute atomic E-state index is 13.0. The molecule has 0 aromatic heterocycles. The molecule has 1 unspecified atom stereocenters. The first-order chi connectivity index (χ1) is 9.10. The molecule has 100 valence electrons. The number of rotatable bonds is 4. The minimum absolute atomic E-state index is 0.159. The van der Waals surface area contributed by atoms with E-state index in [4.69, 9.17) is 0 Å². The Morgan fingerprint density at radius 3 is 2.42 bits per heavy atom. The van der Waals surface area contributed by atoms with E-state index < -0.39 is 0 Å². The third-order valence-corrected chi connectivity index (χ3v) is 4.12. The van der Waals surface area contributed by atoms with Crippen LogP contribution in [0, 0.1) is 5.82 Å². The van der Waals surface area contributed by atoms with E-state index >= 15 is 0 Å². The van der Waals surface area contributed by atoms with Crippen molar-refractivity contribution in [3.05, 3.63) is 62.8 Å². The van der Waals surface area contributed by atoms with Gasteiger partial charge >= 0.3 is 0 Å². The lowest BCUT2D eigenvalue weighted by Crippen LogP contribution is -2.10. The van der Waals surface area contributed by atoms with E-state index in [0.717, 1.165) is 26.6 Å². The van der Waals surface area contributed by atoms with E-state index in [2.05, 4.69) is 44.1 Å². The summed E-state index contributed by atoms with van der Waals surface area (Å²) in [7, 11) is 0. The fourth-order valence-electron chi connectivity index (χ4n) is 1.91. The van der Waals surface area contributed by atoms with Gasteiger partial charge in [-0.1, -0.05) is 35.0 Å². The second-order valence-electron chi connectivity index (χ2n) is 4.28. The number of anilines is 1. The van der Waals surface area contributed by atoms with Crippen LogP contribution in [0.5, 0.6) is 0 Å². The highest BCUT2D eigenvalue weighted by Crippen LogP contribution is 2.30. The zero-order chi connectivity index (χ0) is 13.8. The Morgan fingerprint density at radius 1 is 1.11 bits per heavy atom. The third-order valence-electron chi connectivity index (χ3n) is 2.94. The van der Waals surface area contributed by atoms with Gasteiger partial charge in [0.1, 0.15) is 5.82 Å². The Labute approximate surface area is 129 Å². The van der Waals surface area contributed by atoms with Crippen molar-refractivity contribution in [2.24, 2.45) is 0 Å². The number of hydrogen-bond donors (Lipinski definition) is 1. The first-order valence-electron chi connectivity index (χ1n) is 6.07. The predicted molar refractivity (Wildman–Crippen MR) is 84.9 cm³/mol. The summed E-state index contributed by atoms with van der Waals surface area (Å²) in [5.41, 5.74) is 2.10. The van der Waals surface area contributed by atoms with Crippen LogP contribution in [0.4, 0.5) is 10.1 Å². The van der Waals surface area contributed by atoms with Crippen LogP contribution in [0.1, 0.15) is 24.9 Å². The molecule has 0 spiro atoms. The second kappa shape index (κ2) is 6.53. The number of halogens is 3. The first-order valence-corrected chi connectivity index (χ1v) is 7.66. The van der Waals surface area contributed by atoms with Gasteiger partial charge in [0.25, 0.3) is 0 Å². The maximum atomic E-state index is 13.0. The molecule has 2 aromatic carbocycles. The monoisotopic (exact) mass is 385 g/mol. The summed E-state index contributed by atoms with van der Waals surface area (Å²) in [5, 5.41) is 3.47. The van der Waals surface area contributed by atoms with Crippen LogP contribution >= 0.6 is 31.9 Å². The summed E-state index contributed by atoms with van der Waals surface area (Å²) in [6.07, 6.45) is 0.921. The molecule has 0 aliphatic heterocycles. The topological polar surface area (TPSA) is 12.0 Å². The van der Waals surface area contributed by atoms with Gasteiger partial charge in [0, 0.05) is 8.95 Å². The molecule has 0 heterocycles. The average molecular weight is 387 g/mol. The van der Waals surface area contributed by atoms with Gasteiger partial charge in [0.2, 0.25) is 0 Å². The van der Waals surface area contributed by atoms with E-state index in [0.29, 0.717) is 0 Å². The van der Waals surface area contributed by atoms with Crippen LogP contribution in [0.3, 0.4) is 0 Å². The molecule has 0 fully saturated rings. The Kier molecular flexibility index (Phi) is 4.99. The first kappa shape index (κ1) is 14.5. The molecule has 1 atom stereocenters. The molecule has 4 heteroatoms. The van der Waals surface area contributed by atoms with Crippen molar-refractivity contribution in [2.45, 2.75) is 19.4 Å². The molecule has 2 aromatic rings. The molecule has 1 nitrogen and oxygen atoms in total. The average Bonchev–Trinajstić information content (AvgIpc) is 2.41. The number of hydrogen-bond acceptors (Lipinski definition) is 1. The van der Waals surface area contributed by atoms with Crippen LogP contribution in [0.15, 0.2) is 51.4 Å². The lowest BCUT2D eigenvalue weighted by atomic mass is 10.0. The van der Waals surface area contributed by atoms with E-state index in [1.165, 1.54) is 12.1 Å². The van der Waals surface area contributed by atoms with Gasteiger partial charge in [-0.3, -0.25) is 0 Å². The molecule has 0 amide bonds. The molecular weight excluding hydrogens is 373 g/mol. The van der Waals surface area contributed by atoms with Crippen LogP contribution in [-0.4, -0.2) is 0 Å². The summed E-state index contributed by atoms with van der Waals surface area (Å²) in [6.45, 7) is 2.10. The van der Waals surface area contributed by atoms with Gasteiger partial charge in [-0.15, -0.1) is 0 Å². The second-order valence-corrected chi connectivity index (χ2v) is 6.05. The van der Waals surface area contributed by atoms with Crippen LogP contribution < -0.4 is 5.32 Å². The van der Waals surface area contributed by atoms with Crippen LogP contribution in [0.2, 0.25) is 0 Å². The van der Waals surface area contributed by atoms with Crippen molar-refractivity contribution in [1.82, 2.24) is 0 Å². The predicted octanol–water partition coefficient (Wildman–Crippen LogP) is 5.91. The fourth-order valence-corrected chi connectivity index (χ4v) is 2.63. The molecule has 0 bridgehead atoms. The summed E-state index contributed by atoms with van der Waals surface area (Å²) < 4.78 is 15.0. The van der Waals surface area contributed by atoms with E-state index in [-0.39, 0.29) is 11.9 Å². The van der Waals surface area contributed by atoms with Crippen LogP contribution in [0.25, 0.3) is 0 Å². The molecule has 0 radical (unpaired) electrons. The van der Waals surface area contributed by atoms with E-state index in [9.17, 15) is 4.39 Å². The molecule has 19 heavy (non-hydrogen) atoms. The molecule has 1 N–H and O–H groups in total. The molecule has 0 saturated carbocycles. The normalized spacial score (nSPS) is 12.2. The molecule has 0 aliphatic carbocycles. The summed E-state index contributed by atoms with van der Waals surface area (Å²) >= 11 is 6.99. The smallest absolute Gasteiger partial charge is 0.123 e. The Bertz CT molecular complexity index is 555. The van der Waals surface area contributed by atoms with Crippen molar-refractivity contribution in [3.63, 3.8) is 0 Å². The summed E-state index contributed by atoms with van der Waals surface area (Å²) in [6, 6.07) is 12.8. The fraction of sp³-hybridized carbons (Fsp3) is 0.200. The van der Waals surface area contributed by atoms with Crippen molar-refractivity contribution >= 4 is 37.5 Å². The van der Waals surface area contributed by atoms with Gasteiger partial charge in [0.15, 0.2) is 0 Å². The van der Waals surface area contributed by atoms with Crippen LogP contribution in [-0.2, 0) is 0 Å².